The number of aryl methyl sites for hydroxylation is 1. The Labute approximate surface area is 306 Å². The standard InChI is InChI=1S/C39H40N4O8S/c1-24-20-30(18-19-34(24)52-3)49-32-22-26(37(45)43-31(36(40)44)21-25-14-16-29(48-2)17-15-25)23-33(50-38(46)41-27-10-6-4-7-11-27)35(32)51-39(47)42-28-12-8-5-9-13-28/h4-20,22,31-33,35H,21,23H2,1-3H3,(H2,40,44)(H,41,46)(H,42,47)(H,43,45). The monoisotopic (exact) mass is 724 g/mol. The lowest BCUT2D eigenvalue weighted by molar-refractivity contribution is -0.126. The fourth-order valence-corrected chi connectivity index (χ4v) is 6.16. The summed E-state index contributed by atoms with van der Waals surface area (Å²) in [6.45, 7) is 1.93. The van der Waals surface area contributed by atoms with Crippen molar-refractivity contribution in [3.8, 4) is 11.5 Å². The quantitative estimate of drug-likeness (QED) is 0.117. The van der Waals surface area contributed by atoms with Gasteiger partial charge < -0.3 is 30.0 Å². The van der Waals surface area contributed by atoms with Gasteiger partial charge in [0, 0.05) is 34.7 Å². The van der Waals surface area contributed by atoms with Crippen LogP contribution >= 0.6 is 11.8 Å². The predicted molar refractivity (Wildman–Crippen MR) is 199 cm³/mol. The number of rotatable bonds is 13. The molecule has 0 saturated carbocycles. The SMILES string of the molecule is COc1ccc(CC(NC(=O)C2=CC(Oc3ccc(SC)c(C)c3)C(OC(=O)Nc3ccccc3)C(OC(=O)Nc3ccccc3)C2)C(N)=O)cc1. The summed E-state index contributed by atoms with van der Waals surface area (Å²) in [6, 6.07) is 28.8. The number of carbonyl (C=O) groups excluding carboxylic acids is 4. The molecule has 1 aliphatic rings. The number of carbonyl (C=O) groups is 4. The maximum absolute atomic E-state index is 13.9. The number of hydrogen-bond acceptors (Lipinski definition) is 9. The van der Waals surface area contributed by atoms with Crippen molar-refractivity contribution in [2.75, 3.05) is 24.0 Å². The number of ether oxygens (including phenoxy) is 4. The van der Waals surface area contributed by atoms with Gasteiger partial charge in [-0.3, -0.25) is 20.2 Å². The Morgan fingerprint density at radius 3 is 1.98 bits per heavy atom. The van der Waals surface area contributed by atoms with Crippen molar-refractivity contribution in [3.63, 3.8) is 0 Å². The molecule has 4 aromatic rings. The van der Waals surface area contributed by atoms with E-state index in [1.807, 2.05) is 25.3 Å². The van der Waals surface area contributed by atoms with Crippen LogP contribution in [-0.2, 0) is 25.5 Å². The highest BCUT2D eigenvalue weighted by atomic mass is 32.2. The molecule has 1 aliphatic carbocycles. The van der Waals surface area contributed by atoms with E-state index >= 15 is 0 Å². The van der Waals surface area contributed by atoms with Gasteiger partial charge in [-0.05, 0) is 85.0 Å². The minimum Gasteiger partial charge on any atom is -0.497 e. The molecule has 0 heterocycles. The summed E-state index contributed by atoms with van der Waals surface area (Å²) in [5.41, 5.74) is 8.49. The maximum atomic E-state index is 13.9. The molecule has 270 valence electrons. The van der Waals surface area contributed by atoms with Crippen LogP contribution in [0, 0.1) is 6.92 Å². The van der Waals surface area contributed by atoms with Crippen LogP contribution in [0.5, 0.6) is 11.5 Å². The first-order valence-corrected chi connectivity index (χ1v) is 17.6. The van der Waals surface area contributed by atoms with E-state index in [2.05, 4.69) is 16.0 Å². The Morgan fingerprint density at radius 2 is 1.42 bits per heavy atom. The number of para-hydroxylation sites is 2. The lowest BCUT2D eigenvalue weighted by Gasteiger charge is -2.36. The van der Waals surface area contributed by atoms with E-state index in [9.17, 15) is 19.2 Å². The van der Waals surface area contributed by atoms with Crippen LogP contribution in [0.2, 0.25) is 0 Å². The summed E-state index contributed by atoms with van der Waals surface area (Å²) in [5.74, 6) is -0.315. The number of benzene rings is 4. The van der Waals surface area contributed by atoms with Crippen LogP contribution < -0.4 is 31.2 Å². The molecule has 0 aliphatic heterocycles. The molecule has 4 aromatic carbocycles. The van der Waals surface area contributed by atoms with E-state index in [-0.39, 0.29) is 18.4 Å². The molecule has 0 fully saturated rings. The molecule has 0 radical (unpaired) electrons. The van der Waals surface area contributed by atoms with E-state index in [1.54, 1.807) is 110 Å². The molecule has 0 spiro atoms. The molecule has 0 saturated heterocycles. The zero-order valence-electron chi connectivity index (χ0n) is 28.9. The molecule has 0 aromatic heterocycles. The molecule has 13 heteroatoms. The first kappa shape index (κ1) is 37.3. The summed E-state index contributed by atoms with van der Waals surface area (Å²) in [5, 5.41) is 8.07. The number of hydrogen-bond donors (Lipinski definition) is 4. The Morgan fingerprint density at radius 1 is 0.827 bits per heavy atom. The maximum Gasteiger partial charge on any atom is 0.412 e. The molecular weight excluding hydrogens is 685 g/mol. The number of nitrogens with one attached hydrogen (secondary N) is 3. The van der Waals surface area contributed by atoms with Gasteiger partial charge in [0.1, 0.15) is 23.6 Å². The van der Waals surface area contributed by atoms with Gasteiger partial charge in [0.05, 0.1) is 7.11 Å². The number of methoxy groups -OCH3 is 1. The van der Waals surface area contributed by atoms with Gasteiger partial charge >= 0.3 is 12.2 Å². The van der Waals surface area contributed by atoms with Crippen LogP contribution in [0.4, 0.5) is 21.0 Å². The van der Waals surface area contributed by atoms with Crippen molar-refractivity contribution in [1.82, 2.24) is 5.32 Å². The first-order chi connectivity index (χ1) is 25.1. The predicted octanol–water partition coefficient (Wildman–Crippen LogP) is 6.25. The van der Waals surface area contributed by atoms with Crippen molar-refractivity contribution in [2.24, 2.45) is 5.73 Å². The summed E-state index contributed by atoms with van der Waals surface area (Å²) >= 11 is 1.58. The third kappa shape index (κ3) is 10.3. The van der Waals surface area contributed by atoms with Crippen LogP contribution in [-0.4, -0.2) is 61.7 Å². The topological polar surface area (TPSA) is 167 Å². The van der Waals surface area contributed by atoms with Crippen molar-refractivity contribution in [1.29, 1.82) is 0 Å². The average Bonchev–Trinajstić information content (AvgIpc) is 3.13. The zero-order chi connectivity index (χ0) is 37.0. The largest absolute Gasteiger partial charge is 0.497 e. The third-order valence-electron chi connectivity index (χ3n) is 8.20. The Bertz CT molecular complexity index is 1890. The van der Waals surface area contributed by atoms with Gasteiger partial charge in [0.2, 0.25) is 11.8 Å². The average molecular weight is 725 g/mol. The van der Waals surface area contributed by atoms with Gasteiger partial charge in [-0.2, -0.15) is 0 Å². The van der Waals surface area contributed by atoms with E-state index in [0.29, 0.717) is 22.9 Å². The smallest absolute Gasteiger partial charge is 0.412 e. The van der Waals surface area contributed by atoms with E-state index in [4.69, 9.17) is 24.7 Å². The van der Waals surface area contributed by atoms with E-state index in [0.717, 1.165) is 16.0 Å². The Kier molecular flexibility index (Phi) is 12.8. The minimum absolute atomic E-state index is 0.115. The second-order valence-electron chi connectivity index (χ2n) is 11.9. The molecule has 5 N–H and O–H groups in total. The van der Waals surface area contributed by atoms with Crippen molar-refractivity contribution in [2.45, 2.75) is 49.0 Å². The molecule has 5 rings (SSSR count). The summed E-state index contributed by atoms with van der Waals surface area (Å²) in [4.78, 5) is 54.0. The van der Waals surface area contributed by atoms with Crippen LogP contribution in [0.25, 0.3) is 0 Å². The van der Waals surface area contributed by atoms with Gasteiger partial charge in [-0.15, -0.1) is 11.8 Å². The van der Waals surface area contributed by atoms with Crippen molar-refractivity contribution >= 4 is 47.1 Å². The second-order valence-corrected chi connectivity index (χ2v) is 12.7. The molecule has 4 unspecified atom stereocenters. The fraction of sp³-hybridized carbons (Fsp3) is 0.231. The lowest BCUT2D eigenvalue weighted by Crippen LogP contribution is -2.52. The number of thioether (sulfide) groups is 1. The van der Waals surface area contributed by atoms with Crippen molar-refractivity contribution in [3.05, 3.63) is 126 Å². The fourth-order valence-electron chi connectivity index (χ4n) is 5.58. The summed E-state index contributed by atoms with van der Waals surface area (Å²) in [7, 11) is 1.55. The number of amides is 4. The van der Waals surface area contributed by atoms with E-state index in [1.165, 1.54) is 6.08 Å². The van der Waals surface area contributed by atoms with Gasteiger partial charge in [0.15, 0.2) is 12.2 Å². The highest BCUT2D eigenvalue weighted by molar-refractivity contribution is 7.98. The summed E-state index contributed by atoms with van der Waals surface area (Å²) in [6.07, 6.45) is -1.81. The Balaban J connectivity index is 1.46. The number of anilines is 2. The second kappa shape index (κ2) is 17.8. The first-order valence-electron chi connectivity index (χ1n) is 16.4. The lowest BCUT2D eigenvalue weighted by atomic mass is 9.90. The number of nitrogens with two attached hydrogens (primary N) is 1. The van der Waals surface area contributed by atoms with Crippen LogP contribution in [0.3, 0.4) is 0 Å². The molecular formula is C39H40N4O8S. The van der Waals surface area contributed by atoms with Crippen LogP contribution in [0.1, 0.15) is 17.5 Å². The minimum atomic E-state index is -1.21. The van der Waals surface area contributed by atoms with Gasteiger partial charge in [-0.25, -0.2) is 9.59 Å². The summed E-state index contributed by atoms with van der Waals surface area (Å²) < 4.78 is 23.4. The molecule has 0 bridgehead atoms. The van der Waals surface area contributed by atoms with Gasteiger partial charge in [0.25, 0.3) is 0 Å². The highest BCUT2D eigenvalue weighted by Gasteiger charge is 2.42. The molecule has 4 amide bonds. The normalized spacial score (nSPS) is 17.1. The Hall–Kier alpha value is -5.95. The van der Waals surface area contributed by atoms with Gasteiger partial charge in [-0.1, -0.05) is 48.5 Å². The van der Waals surface area contributed by atoms with E-state index < -0.39 is 48.4 Å². The van der Waals surface area contributed by atoms with Crippen LogP contribution in [0.15, 0.2) is 120 Å². The number of primary amides is 1. The third-order valence-corrected chi connectivity index (χ3v) is 9.09. The molecule has 4 atom stereocenters. The zero-order valence-corrected chi connectivity index (χ0v) is 29.7. The molecule has 12 nitrogen and oxygen atoms in total. The highest BCUT2D eigenvalue weighted by Crippen LogP contribution is 2.31. The van der Waals surface area contributed by atoms with Crippen molar-refractivity contribution < 1.29 is 38.1 Å². The molecule has 52 heavy (non-hydrogen) atoms.